The summed E-state index contributed by atoms with van der Waals surface area (Å²) in [4.78, 5) is 39.6. The Morgan fingerprint density at radius 1 is 0.810 bits per heavy atom. The van der Waals surface area contributed by atoms with Crippen LogP contribution in [0.15, 0.2) is 54.7 Å². The van der Waals surface area contributed by atoms with Gasteiger partial charge in [-0.15, -0.1) is 0 Å². The molecule has 2 aromatic carbocycles. The summed E-state index contributed by atoms with van der Waals surface area (Å²) in [6.45, 7) is -2.14. The smallest absolute Gasteiger partial charge is 0.433 e. The molecule has 0 aliphatic carbocycles. The largest absolute Gasteiger partial charge is 0.483 e. The highest BCUT2D eigenvalue weighted by Gasteiger charge is 2.38. The van der Waals surface area contributed by atoms with Gasteiger partial charge in [-0.3, -0.25) is 19.9 Å². The van der Waals surface area contributed by atoms with Gasteiger partial charge in [0.2, 0.25) is 5.91 Å². The van der Waals surface area contributed by atoms with Gasteiger partial charge in [-0.05, 0) is 35.4 Å². The number of amides is 2. The third kappa shape index (κ3) is 8.58. The predicted molar refractivity (Wildman–Crippen MR) is 127 cm³/mol. The molecule has 0 spiro atoms. The maximum absolute atomic E-state index is 13.5. The van der Waals surface area contributed by atoms with Crippen LogP contribution in [0.2, 0.25) is 0 Å². The summed E-state index contributed by atoms with van der Waals surface area (Å²) in [5.74, 6) is -3.56. The van der Waals surface area contributed by atoms with Crippen LogP contribution in [0.25, 0.3) is 11.1 Å². The van der Waals surface area contributed by atoms with Gasteiger partial charge < -0.3 is 15.2 Å². The molecule has 0 unspecified atom stereocenters. The van der Waals surface area contributed by atoms with Gasteiger partial charge in [-0.2, -0.15) is 39.5 Å². The number of rotatable bonds is 8. The second-order valence-electron chi connectivity index (χ2n) is 8.38. The number of ether oxygens (including phenoxy) is 1. The van der Waals surface area contributed by atoms with Gasteiger partial charge >= 0.3 is 24.6 Å². The molecule has 0 atom stereocenters. The van der Waals surface area contributed by atoms with Crippen LogP contribution in [-0.4, -0.2) is 40.7 Å². The first-order chi connectivity index (χ1) is 19.3. The molecule has 224 valence electrons. The van der Waals surface area contributed by atoms with Crippen molar-refractivity contribution in [3.63, 3.8) is 0 Å². The van der Waals surface area contributed by atoms with Gasteiger partial charge in [-0.1, -0.05) is 18.2 Å². The number of ketones is 1. The highest BCUT2D eigenvalue weighted by molar-refractivity contribution is 6.12. The fourth-order valence-electron chi connectivity index (χ4n) is 3.48. The van der Waals surface area contributed by atoms with Crippen molar-refractivity contribution in [3.8, 4) is 16.9 Å². The zero-order valence-electron chi connectivity index (χ0n) is 20.5. The summed E-state index contributed by atoms with van der Waals surface area (Å²) >= 11 is 0. The van der Waals surface area contributed by atoms with E-state index in [2.05, 4.69) is 9.72 Å². The Balaban J connectivity index is 1.87. The molecule has 0 saturated carbocycles. The number of aromatic nitrogens is 1. The Labute approximate surface area is 229 Å². The summed E-state index contributed by atoms with van der Waals surface area (Å²) < 4.78 is 121. The molecule has 0 bridgehead atoms. The first-order valence-electron chi connectivity index (χ1n) is 11.2. The van der Waals surface area contributed by atoms with Crippen molar-refractivity contribution in [3.05, 3.63) is 71.5 Å². The Morgan fingerprint density at radius 2 is 1.45 bits per heavy atom. The summed E-state index contributed by atoms with van der Waals surface area (Å²) in [5.41, 5.74) is -4.62. The lowest BCUT2D eigenvalue weighted by molar-refractivity contribution is -0.158. The van der Waals surface area contributed by atoms with E-state index < -0.39 is 77.7 Å². The number of carbonyl (C=O) groups excluding carboxylic acids is 2. The fourth-order valence-corrected chi connectivity index (χ4v) is 3.48. The molecule has 17 heteroatoms. The molecule has 0 fully saturated rings. The fraction of sp³-hybridized carbons (Fsp3) is 0.200. The van der Waals surface area contributed by atoms with Crippen LogP contribution in [-0.2, 0) is 17.1 Å². The molecule has 42 heavy (non-hydrogen) atoms. The molecule has 0 radical (unpaired) electrons. The topological polar surface area (TPSA) is 118 Å². The van der Waals surface area contributed by atoms with E-state index in [0.717, 1.165) is 18.3 Å². The monoisotopic (exact) mass is 609 g/mol. The van der Waals surface area contributed by atoms with Crippen LogP contribution in [0.4, 0.5) is 55.7 Å². The lowest BCUT2D eigenvalue weighted by Crippen LogP contribution is -2.22. The molecular formula is C25H16F9N3O5. The highest BCUT2D eigenvalue weighted by Crippen LogP contribution is 2.42. The molecule has 0 saturated heterocycles. The van der Waals surface area contributed by atoms with Gasteiger partial charge in [0, 0.05) is 17.8 Å². The van der Waals surface area contributed by atoms with Crippen LogP contribution < -0.4 is 15.4 Å². The lowest BCUT2D eigenvalue weighted by atomic mass is 10.00. The minimum absolute atomic E-state index is 0.0355. The standard InChI is InChI=1S/C25H16F9N3O5/c26-23(27,28)11-42-19-9-17(37-22(40)41)16(8-15(19)24(29,30)31)36-21(39)10-18(38)14-3-1-2-12(6-14)13-4-5-35-20(7-13)25(32,33)34/h1-9,37H,10-11H2,(H,36,39)(H,40,41). The van der Waals surface area contributed by atoms with Crippen molar-refractivity contribution >= 4 is 29.2 Å². The first-order valence-corrected chi connectivity index (χ1v) is 11.2. The third-order valence-corrected chi connectivity index (χ3v) is 5.22. The Kier molecular flexibility index (Phi) is 9.02. The number of carboxylic acid groups (broad SMARTS) is 1. The van der Waals surface area contributed by atoms with E-state index in [-0.39, 0.29) is 28.8 Å². The summed E-state index contributed by atoms with van der Waals surface area (Å²) in [6, 6.07) is 7.44. The number of halogens is 9. The Morgan fingerprint density at radius 3 is 2.05 bits per heavy atom. The zero-order valence-corrected chi connectivity index (χ0v) is 20.5. The number of Topliss-reactive ketones (excluding diaryl/α,β-unsaturated/α-hetero) is 1. The van der Waals surface area contributed by atoms with Crippen molar-refractivity contribution in [2.75, 3.05) is 17.2 Å². The van der Waals surface area contributed by atoms with Crippen molar-refractivity contribution in [1.82, 2.24) is 4.98 Å². The highest BCUT2D eigenvalue weighted by atomic mass is 19.4. The van der Waals surface area contributed by atoms with Crippen molar-refractivity contribution < 1.29 is 63.7 Å². The van der Waals surface area contributed by atoms with E-state index in [4.69, 9.17) is 5.11 Å². The Bertz CT molecular complexity index is 1500. The second kappa shape index (κ2) is 12.0. The molecular weight excluding hydrogens is 593 g/mol. The van der Waals surface area contributed by atoms with E-state index >= 15 is 0 Å². The van der Waals surface area contributed by atoms with E-state index in [1.165, 1.54) is 24.3 Å². The Hall–Kier alpha value is -4.83. The number of carbonyl (C=O) groups is 3. The molecule has 0 aliphatic rings. The number of anilines is 2. The minimum Gasteiger partial charge on any atom is -0.483 e. The number of benzene rings is 2. The average molecular weight is 609 g/mol. The minimum atomic E-state index is -5.31. The molecule has 0 aliphatic heterocycles. The second-order valence-corrected chi connectivity index (χ2v) is 8.38. The number of hydrogen-bond acceptors (Lipinski definition) is 5. The van der Waals surface area contributed by atoms with Gasteiger partial charge in [0.25, 0.3) is 0 Å². The molecule has 3 N–H and O–H groups in total. The summed E-state index contributed by atoms with van der Waals surface area (Å²) in [6.07, 6.45) is -17.1. The van der Waals surface area contributed by atoms with Crippen molar-refractivity contribution in [2.45, 2.75) is 24.9 Å². The van der Waals surface area contributed by atoms with Crippen LogP contribution in [0, 0.1) is 0 Å². The number of hydrogen-bond donors (Lipinski definition) is 3. The van der Waals surface area contributed by atoms with Gasteiger partial charge in [0.05, 0.1) is 23.4 Å². The van der Waals surface area contributed by atoms with E-state index in [1.807, 2.05) is 5.32 Å². The summed E-state index contributed by atoms with van der Waals surface area (Å²) in [7, 11) is 0. The number of nitrogens with one attached hydrogen (secondary N) is 2. The maximum Gasteiger partial charge on any atom is 0.433 e. The van der Waals surface area contributed by atoms with Gasteiger partial charge in [0.15, 0.2) is 12.4 Å². The molecule has 3 aromatic rings. The number of pyridine rings is 1. The van der Waals surface area contributed by atoms with E-state index in [1.54, 1.807) is 5.32 Å². The molecule has 2 amide bonds. The zero-order chi connectivity index (χ0) is 31.5. The van der Waals surface area contributed by atoms with Gasteiger partial charge in [0.1, 0.15) is 11.4 Å². The number of nitrogens with zero attached hydrogens (tertiary/aromatic N) is 1. The molecule has 8 nitrogen and oxygen atoms in total. The van der Waals surface area contributed by atoms with Gasteiger partial charge in [-0.25, -0.2) is 4.79 Å². The molecule has 3 rings (SSSR count). The maximum atomic E-state index is 13.5. The van der Waals surface area contributed by atoms with E-state index in [0.29, 0.717) is 0 Å². The van der Waals surface area contributed by atoms with Crippen LogP contribution in [0.3, 0.4) is 0 Å². The molecule has 1 aromatic heterocycles. The predicted octanol–water partition coefficient (Wildman–Crippen LogP) is 7.03. The summed E-state index contributed by atoms with van der Waals surface area (Å²) in [5, 5.41) is 12.5. The first kappa shape index (κ1) is 31.7. The van der Waals surface area contributed by atoms with Crippen LogP contribution in [0.1, 0.15) is 28.0 Å². The van der Waals surface area contributed by atoms with Crippen LogP contribution in [0.5, 0.6) is 5.75 Å². The molecule has 1 heterocycles. The van der Waals surface area contributed by atoms with Crippen molar-refractivity contribution in [1.29, 1.82) is 0 Å². The SMILES string of the molecule is O=C(O)Nc1cc(OCC(F)(F)F)c(C(F)(F)F)cc1NC(=O)CC(=O)c1cccc(-c2ccnc(C(F)(F)F)c2)c1. The number of alkyl halides is 9. The third-order valence-electron chi connectivity index (χ3n) is 5.22. The average Bonchev–Trinajstić information content (AvgIpc) is 2.86. The lowest BCUT2D eigenvalue weighted by Gasteiger charge is -2.19. The van der Waals surface area contributed by atoms with Crippen molar-refractivity contribution in [2.24, 2.45) is 0 Å². The van der Waals surface area contributed by atoms with E-state index in [9.17, 15) is 53.9 Å². The normalized spacial score (nSPS) is 12.0. The van der Waals surface area contributed by atoms with Crippen LogP contribution >= 0.6 is 0 Å². The quantitative estimate of drug-likeness (QED) is 0.144.